The van der Waals surface area contributed by atoms with Gasteiger partial charge in [0.15, 0.2) is 0 Å². The van der Waals surface area contributed by atoms with Crippen molar-refractivity contribution in [3.8, 4) is 0 Å². The van der Waals surface area contributed by atoms with E-state index in [1.807, 2.05) is 0 Å². The Bertz CT molecular complexity index is 360. The highest BCUT2D eigenvalue weighted by Crippen LogP contribution is 2.46. The van der Waals surface area contributed by atoms with Crippen LogP contribution in [0.2, 0.25) is 0 Å². The normalized spacial score (nSPS) is 34.0. The van der Waals surface area contributed by atoms with Gasteiger partial charge in [0, 0.05) is 0 Å². The number of ether oxygens (including phenoxy) is 1. The summed E-state index contributed by atoms with van der Waals surface area (Å²) >= 11 is 0. The zero-order valence-electron chi connectivity index (χ0n) is 16.4. The van der Waals surface area contributed by atoms with Crippen molar-refractivity contribution in [1.29, 1.82) is 0 Å². The highest BCUT2D eigenvalue weighted by molar-refractivity contribution is 5.76. The summed E-state index contributed by atoms with van der Waals surface area (Å²) in [5, 5.41) is 0. The van der Waals surface area contributed by atoms with Crippen molar-refractivity contribution < 1.29 is 9.53 Å². The monoisotopic (exact) mass is 336 g/mol. The molecule has 140 valence electrons. The van der Waals surface area contributed by atoms with Gasteiger partial charge in [-0.3, -0.25) is 4.79 Å². The van der Waals surface area contributed by atoms with E-state index in [1.165, 1.54) is 57.8 Å². The fraction of sp³-hybridized carbons (Fsp3) is 0.955. The Hall–Kier alpha value is -0.530. The molecule has 0 aliphatic heterocycles. The Morgan fingerprint density at radius 1 is 0.917 bits per heavy atom. The van der Waals surface area contributed by atoms with E-state index in [2.05, 4.69) is 20.8 Å². The van der Waals surface area contributed by atoms with Crippen LogP contribution in [0, 0.1) is 23.2 Å². The van der Waals surface area contributed by atoms with Gasteiger partial charge < -0.3 is 4.74 Å². The van der Waals surface area contributed by atoms with Crippen LogP contribution in [0.3, 0.4) is 0 Å². The molecule has 2 rings (SSSR count). The van der Waals surface area contributed by atoms with Crippen molar-refractivity contribution in [3.63, 3.8) is 0 Å². The van der Waals surface area contributed by atoms with Crippen molar-refractivity contribution in [2.75, 3.05) is 6.61 Å². The van der Waals surface area contributed by atoms with E-state index in [-0.39, 0.29) is 11.4 Å². The average molecular weight is 337 g/mol. The van der Waals surface area contributed by atoms with Crippen molar-refractivity contribution >= 4 is 5.97 Å². The number of carbonyl (C=O) groups excluding carboxylic acids is 1. The highest BCUT2D eigenvalue weighted by Gasteiger charge is 2.41. The van der Waals surface area contributed by atoms with Crippen molar-refractivity contribution in [1.82, 2.24) is 0 Å². The van der Waals surface area contributed by atoms with Crippen LogP contribution >= 0.6 is 0 Å². The van der Waals surface area contributed by atoms with Gasteiger partial charge in [-0.25, -0.2) is 0 Å². The minimum atomic E-state index is -0.206. The number of hydrogen-bond donors (Lipinski definition) is 0. The van der Waals surface area contributed by atoms with Crippen LogP contribution in [0.4, 0.5) is 0 Å². The Morgan fingerprint density at radius 3 is 2.08 bits per heavy atom. The molecule has 0 amide bonds. The van der Waals surface area contributed by atoms with Gasteiger partial charge in [0.25, 0.3) is 0 Å². The molecule has 2 heteroatoms. The first kappa shape index (κ1) is 19.8. The van der Waals surface area contributed by atoms with E-state index in [9.17, 15) is 4.79 Å². The summed E-state index contributed by atoms with van der Waals surface area (Å²) in [5.74, 6) is 2.87. The summed E-state index contributed by atoms with van der Waals surface area (Å²) in [5.41, 5.74) is -0.206. The first-order valence-electron chi connectivity index (χ1n) is 10.8. The molecule has 0 aromatic carbocycles. The first-order chi connectivity index (χ1) is 11.6. The summed E-state index contributed by atoms with van der Waals surface area (Å²) in [6.07, 6.45) is 16.6. The minimum absolute atomic E-state index is 0.0673. The van der Waals surface area contributed by atoms with Gasteiger partial charge in [0.2, 0.25) is 0 Å². The van der Waals surface area contributed by atoms with Crippen LogP contribution in [-0.2, 0) is 9.53 Å². The predicted molar refractivity (Wildman–Crippen MR) is 101 cm³/mol. The lowest BCUT2D eigenvalue weighted by Crippen LogP contribution is -2.36. The average Bonchev–Trinajstić information content (AvgIpc) is 2.61. The molecule has 24 heavy (non-hydrogen) atoms. The molecule has 0 bridgehead atoms. The van der Waals surface area contributed by atoms with Gasteiger partial charge in [-0.1, -0.05) is 52.4 Å². The number of hydrogen-bond acceptors (Lipinski definition) is 2. The molecule has 0 atom stereocenters. The molecule has 2 aliphatic rings. The lowest BCUT2D eigenvalue weighted by Gasteiger charge is -2.41. The third-order valence-electron chi connectivity index (χ3n) is 6.88. The number of esters is 1. The molecule has 0 aromatic rings. The van der Waals surface area contributed by atoms with E-state index < -0.39 is 0 Å². The van der Waals surface area contributed by atoms with Gasteiger partial charge in [-0.2, -0.15) is 0 Å². The van der Waals surface area contributed by atoms with E-state index in [1.54, 1.807) is 0 Å². The Kier molecular flexibility index (Phi) is 8.10. The van der Waals surface area contributed by atoms with Gasteiger partial charge in [0.05, 0.1) is 12.0 Å². The molecule has 0 N–H and O–H groups in total. The van der Waals surface area contributed by atoms with Crippen LogP contribution in [0.1, 0.15) is 104 Å². The number of rotatable bonds is 8. The van der Waals surface area contributed by atoms with Gasteiger partial charge >= 0.3 is 5.97 Å². The molecule has 2 nitrogen and oxygen atoms in total. The molecule has 0 unspecified atom stereocenters. The maximum absolute atomic E-state index is 12.4. The van der Waals surface area contributed by atoms with Crippen LogP contribution in [-0.4, -0.2) is 12.6 Å². The van der Waals surface area contributed by atoms with E-state index >= 15 is 0 Å². The Morgan fingerprint density at radius 2 is 1.50 bits per heavy atom. The third-order valence-corrected chi connectivity index (χ3v) is 6.88. The topological polar surface area (TPSA) is 26.3 Å². The molecule has 2 saturated carbocycles. The predicted octanol–water partition coefficient (Wildman–Crippen LogP) is 6.52. The number of unbranched alkanes of at least 4 members (excludes halogenated alkanes) is 2. The van der Waals surface area contributed by atoms with Crippen LogP contribution in [0.25, 0.3) is 0 Å². The standard InChI is InChI=1S/C22H40O2/c1-4-6-8-18-9-11-19(12-10-18)20-13-15-22(3,16-14-20)21(23)24-17-7-5-2/h18-20H,4-17H2,1-3H3. The van der Waals surface area contributed by atoms with Crippen LogP contribution in [0.5, 0.6) is 0 Å². The molecule has 0 aromatic heterocycles. The summed E-state index contributed by atoms with van der Waals surface area (Å²) in [7, 11) is 0. The summed E-state index contributed by atoms with van der Waals surface area (Å²) in [6, 6.07) is 0. The molecule has 0 saturated heterocycles. The summed E-state index contributed by atoms with van der Waals surface area (Å²) in [6.45, 7) is 7.19. The zero-order chi connectivity index (χ0) is 17.4. The largest absolute Gasteiger partial charge is 0.465 e. The fourth-order valence-electron chi connectivity index (χ4n) is 4.88. The Balaban J connectivity index is 1.71. The van der Waals surface area contributed by atoms with Crippen molar-refractivity contribution in [3.05, 3.63) is 0 Å². The molecular formula is C22H40O2. The summed E-state index contributed by atoms with van der Waals surface area (Å²) < 4.78 is 5.52. The molecule has 0 heterocycles. The van der Waals surface area contributed by atoms with Crippen LogP contribution < -0.4 is 0 Å². The Labute approximate surface area is 150 Å². The fourth-order valence-corrected chi connectivity index (χ4v) is 4.88. The minimum Gasteiger partial charge on any atom is -0.465 e. The first-order valence-corrected chi connectivity index (χ1v) is 10.8. The van der Waals surface area contributed by atoms with Crippen molar-refractivity contribution in [2.45, 2.75) is 104 Å². The van der Waals surface area contributed by atoms with E-state index in [0.29, 0.717) is 6.61 Å². The SMILES string of the molecule is CCCCOC(=O)C1(C)CCC(C2CCC(CCCC)CC2)CC1. The maximum atomic E-state index is 12.4. The van der Waals surface area contributed by atoms with Gasteiger partial charge in [-0.15, -0.1) is 0 Å². The second kappa shape index (κ2) is 9.82. The number of carbonyl (C=O) groups is 1. The second-order valence-electron chi connectivity index (χ2n) is 8.81. The quantitative estimate of drug-likeness (QED) is 0.372. The maximum Gasteiger partial charge on any atom is 0.311 e. The van der Waals surface area contributed by atoms with Gasteiger partial charge in [-0.05, 0) is 69.6 Å². The van der Waals surface area contributed by atoms with Gasteiger partial charge in [0.1, 0.15) is 0 Å². The molecule has 0 radical (unpaired) electrons. The van der Waals surface area contributed by atoms with Crippen molar-refractivity contribution in [2.24, 2.45) is 23.2 Å². The van der Waals surface area contributed by atoms with Crippen LogP contribution in [0.15, 0.2) is 0 Å². The highest BCUT2D eigenvalue weighted by atomic mass is 16.5. The molecule has 2 fully saturated rings. The third kappa shape index (κ3) is 5.49. The van der Waals surface area contributed by atoms with E-state index in [4.69, 9.17) is 4.74 Å². The smallest absolute Gasteiger partial charge is 0.311 e. The zero-order valence-corrected chi connectivity index (χ0v) is 16.4. The lowest BCUT2D eigenvalue weighted by molar-refractivity contribution is -0.158. The second-order valence-corrected chi connectivity index (χ2v) is 8.81. The molecule has 0 spiro atoms. The lowest BCUT2D eigenvalue weighted by atomic mass is 9.65. The molecule has 2 aliphatic carbocycles. The molecular weight excluding hydrogens is 296 g/mol. The summed E-state index contributed by atoms with van der Waals surface area (Å²) in [4.78, 5) is 12.4. The van der Waals surface area contributed by atoms with E-state index in [0.717, 1.165) is 43.4 Å².